The minimum atomic E-state index is -0.870. The van der Waals surface area contributed by atoms with Crippen LogP contribution in [-0.4, -0.2) is 22.0 Å². The zero-order valence-electron chi connectivity index (χ0n) is 20.2. The van der Waals surface area contributed by atoms with Crippen LogP contribution in [0.2, 0.25) is 0 Å². The molecule has 0 amide bonds. The summed E-state index contributed by atoms with van der Waals surface area (Å²) < 4.78 is 48.9. The molecule has 4 nitrogen and oxygen atoms in total. The van der Waals surface area contributed by atoms with Crippen molar-refractivity contribution in [3.05, 3.63) is 101 Å². The molecule has 1 aliphatic rings. The van der Waals surface area contributed by atoms with Crippen LogP contribution in [0, 0.1) is 17.5 Å². The predicted molar refractivity (Wildman–Crippen MR) is 132 cm³/mol. The number of hydrogen-bond acceptors (Lipinski definition) is 3. The molecule has 0 bridgehead atoms. The van der Waals surface area contributed by atoms with E-state index < -0.39 is 11.6 Å². The number of carbonyl (C=O) groups excluding carboxylic acids is 1. The first-order valence-electron chi connectivity index (χ1n) is 12.0. The fraction of sp³-hybridized carbons (Fsp3) is 0.276. The van der Waals surface area contributed by atoms with E-state index >= 15 is 0 Å². The van der Waals surface area contributed by atoms with Crippen molar-refractivity contribution in [2.45, 2.75) is 45.4 Å². The number of nitrogens with zero attached hydrogens (tertiary/aromatic N) is 2. The van der Waals surface area contributed by atoms with Crippen molar-refractivity contribution in [3.63, 3.8) is 0 Å². The molecule has 5 rings (SSSR count). The third-order valence-electron chi connectivity index (χ3n) is 6.93. The summed E-state index contributed by atoms with van der Waals surface area (Å²) in [6.07, 6.45) is 1.29. The van der Waals surface area contributed by atoms with E-state index in [9.17, 15) is 18.0 Å². The summed E-state index contributed by atoms with van der Waals surface area (Å²) in [7, 11) is 0. The summed E-state index contributed by atoms with van der Waals surface area (Å²) in [5, 5.41) is 0.855. The largest absolute Gasteiger partial charge is 0.455 e. The molecular formula is C29H27F3N2O2. The van der Waals surface area contributed by atoms with Crippen molar-refractivity contribution in [1.82, 2.24) is 9.47 Å². The van der Waals surface area contributed by atoms with E-state index in [-0.39, 0.29) is 17.5 Å². The standard InChI is InChI=1S/C29H27F3N2O2/c1-19(35)36-29(2,20-4-6-21(30)7-5-20)14-3-15-33-17-26-25-16-23(32)10-13-27(25)34(28(26)18-33)24-11-8-22(31)9-12-24/h4-13,16H,3,14-15,17-18H2,1-2H3. The summed E-state index contributed by atoms with van der Waals surface area (Å²) in [6, 6.07) is 17.1. The molecule has 3 aromatic carbocycles. The Morgan fingerprint density at radius 3 is 2.22 bits per heavy atom. The van der Waals surface area contributed by atoms with Gasteiger partial charge in [0.1, 0.15) is 23.1 Å². The van der Waals surface area contributed by atoms with Gasteiger partial charge in [0.15, 0.2) is 0 Å². The SMILES string of the molecule is CC(=O)OC(C)(CCCN1Cc2c(n(-c3ccc(F)cc3)c3ccc(F)cc23)C1)c1ccc(F)cc1. The van der Waals surface area contributed by atoms with Gasteiger partial charge in [-0.1, -0.05) is 12.1 Å². The summed E-state index contributed by atoms with van der Waals surface area (Å²) in [6.45, 7) is 5.26. The van der Waals surface area contributed by atoms with Crippen molar-refractivity contribution >= 4 is 16.9 Å². The molecule has 0 spiro atoms. The second-order valence-electron chi connectivity index (χ2n) is 9.54. The predicted octanol–water partition coefficient (Wildman–Crippen LogP) is 6.62. The Labute approximate surface area is 207 Å². The van der Waals surface area contributed by atoms with Crippen LogP contribution in [0.15, 0.2) is 66.7 Å². The molecule has 0 aliphatic carbocycles. The fourth-order valence-electron chi connectivity index (χ4n) is 5.27. The number of rotatable bonds is 7. The Morgan fingerprint density at radius 1 is 0.917 bits per heavy atom. The quantitative estimate of drug-likeness (QED) is 0.272. The zero-order chi connectivity index (χ0) is 25.4. The number of ether oxygens (including phenoxy) is 1. The van der Waals surface area contributed by atoms with Gasteiger partial charge >= 0.3 is 5.97 Å². The maximum absolute atomic E-state index is 14.2. The topological polar surface area (TPSA) is 34.5 Å². The van der Waals surface area contributed by atoms with E-state index in [2.05, 4.69) is 9.47 Å². The van der Waals surface area contributed by atoms with Crippen LogP contribution in [0.5, 0.6) is 0 Å². The van der Waals surface area contributed by atoms with Crippen LogP contribution < -0.4 is 0 Å². The minimum absolute atomic E-state index is 0.295. The average Bonchev–Trinajstić information content (AvgIpc) is 3.36. The Balaban J connectivity index is 1.37. The molecular weight excluding hydrogens is 465 g/mol. The van der Waals surface area contributed by atoms with Gasteiger partial charge in [0.05, 0.1) is 5.52 Å². The number of hydrogen-bond donors (Lipinski definition) is 0. The first kappa shape index (κ1) is 24.1. The van der Waals surface area contributed by atoms with E-state index in [4.69, 9.17) is 4.74 Å². The fourth-order valence-corrected chi connectivity index (χ4v) is 5.27. The highest BCUT2D eigenvalue weighted by molar-refractivity contribution is 5.88. The maximum atomic E-state index is 14.2. The van der Waals surface area contributed by atoms with E-state index in [0.717, 1.165) is 46.4 Å². The Morgan fingerprint density at radius 2 is 1.56 bits per heavy atom. The number of carbonyl (C=O) groups is 1. The number of aromatic nitrogens is 1. The second-order valence-corrected chi connectivity index (χ2v) is 9.54. The molecule has 1 aromatic heterocycles. The van der Waals surface area contributed by atoms with Crippen LogP contribution >= 0.6 is 0 Å². The number of esters is 1. The lowest BCUT2D eigenvalue weighted by atomic mass is 9.90. The molecule has 4 aromatic rings. The molecule has 7 heteroatoms. The van der Waals surface area contributed by atoms with Crippen molar-refractivity contribution in [3.8, 4) is 5.69 Å². The molecule has 36 heavy (non-hydrogen) atoms. The smallest absolute Gasteiger partial charge is 0.303 e. The average molecular weight is 493 g/mol. The van der Waals surface area contributed by atoms with Gasteiger partial charge in [-0.3, -0.25) is 9.69 Å². The van der Waals surface area contributed by atoms with Gasteiger partial charge < -0.3 is 9.30 Å². The molecule has 1 atom stereocenters. The highest BCUT2D eigenvalue weighted by Gasteiger charge is 2.32. The summed E-state index contributed by atoms with van der Waals surface area (Å²) in [4.78, 5) is 14.1. The highest BCUT2D eigenvalue weighted by atomic mass is 19.1. The lowest BCUT2D eigenvalue weighted by molar-refractivity contribution is -0.157. The van der Waals surface area contributed by atoms with Crippen molar-refractivity contribution in [2.75, 3.05) is 6.54 Å². The van der Waals surface area contributed by atoms with Crippen LogP contribution in [0.4, 0.5) is 13.2 Å². The van der Waals surface area contributed by atoms with Crippen LogP contribution in [0.25, 0.3) is 16.6 Å². The number of fused-ring (bicyclic) bond motifs is 3. The third-order valence-corrected chi connectivity index (χ3v) is 6.93. The number of halogens is 3. The van der Waals surface area contributed by atoms with Crippen LogP contribution in [0.1, 0.15) is 43.5 Å². The first-order valence-corrected chi connectivity index (χ1v) is 12.0. The van der Waals surface area contributed by atoms with Crippen LogP contribution in [0.3, 0.4) is 0 Å². The summed E-state index contributed by atoms with van der Waals surface area (Å²) >= 11 is 0. The molecule has 2 heterocycles. The molecule has 0 saturated carbocycles. The lowest BCUT2D eigenvalue weighted by Gasteiger charge is -2.30. The summed E-state index contributed by atoms with van der Waals surface area (Å²) in [5.41, 5.74) is 3.72. The monoisotopic (exact) mass is 492 g/mol. The van der Waals surface area contributed by atoms with Gasteiger partial charge in [0.25, 0.3) is 0 Å². The molecule has 1 unspecified atom stereocenters. The van der Waals surface area contributed by atoms with Gasteiger partial charge in [0, 0.05) is 36.8 Å². The maximum Gasteiger partial charge on any atom is 0.303 e. The van der Waals surface area contributed by atoms with Crippen molar-refractivity contribution in [2.24, 2.45) is 0 Å². The van der Waals surface area contributed by atoms with Gasteiger partial charge in [-0.05, 0) is 92.0 Å². The third kappa shape index (κ3) is 4.63. The first-order chi connectivity index (χ1) is 17.2. The molecule has 1 aliphatic heterocycles. The Bertz CT molecular complexity index is 1410. The Kier molecular flexibility index (Phi) is 6.35. The molecule has 0 fully saturated rings. The van der Waals surface area contributed by atoms with Crippen molar-refractivity contribution < 1.29 is 22.7 Å². The van der Waals surface area contributed by atoms with E-state index in [1.54, 1.807) is 36.4 Å². The second kappa shape index (κ2) is 9.47. The summed E-state index contributed by atoms with van der Waals surface area (Å²) in [5.74, 6) is -1.34. The van der Waals surface area contributed by atoms with E-state index in [1.807, 2.05) is 6.92 Å². The van der Waals surface area contributed by atoms with Gasteiger partial charge in [-0.2, -0.15) is 0 Å². The molecule has 186 valence electrons. The minimum Gasteiger partial charge on any atom is -0.455 e. The van der Waals surface area contributed by atoms with Gasteiger partial charge in [-0.15, -0.1) is 0 Å². The number of benzene rings is 3. The van der Waals surface area contributed by atoms with Gasteiger partial charge in [-0.25, -0.2) is 13.2 Å². The van der Waals surface area contributed by atoms with Crippen molar-refractivity contribution in [1.29, 1.82) is 0 Å². The zero-order valence-corrected chi connectivity index (χ0v) is 20.2. The van der Waals surface area contributed by atoms with E-state index in [0.29, 0.717) is 19.5 Å². The molecule has 0 N–H and O–H groups in total. The Hall–Kier alpha value is -3.58. The van der Waals surface area contributed by atoms with E-state index in [1.165, 1.54) is 37.3 Å². The normalized spacial score (nSPS) is 15.1. The molecule has 0 radical (unpaired) electrons. The van der Waals surface area contributed by atoms with Gasteiger partial charge in [0.2, 0.25) is 0 Å². The highest BCUT2D eigenvalue weighted by Crippen LogP contribution is 2.37. The molecule has 0 saturated heterocycles. The van der Waals surface area contributed by atoms with Crippen LogP contribution in [-0.2, 0) is 28.2 Å². The lowest BCUT2D eigenvalue weighted by Crippen LogP contribution is -2.30.